The molecule has 1 heterocycles. The molecule has 0 saturated carbocycles. The van der Waals surface area contributed by atoms with Crippen molar-refractivity contribution in [3.8, 4) is 0 Å². The molecule has 0 amide bonds. The first-order chi connectivity index (χ1) is 6.93. The maximum Gasteiger partial charge on any atom is 0.0587 e. The van der Waals surface area contributed by atoms with Crippen molar-refractivity contribution >= 4 is 11.8 Å². The average molecular weight is 212 g/mol. The van der Waals surface area contributed by atoms with Crippen molar-refractivity contribution in [3.63, 3.8) is 0 Å². The first kappa shape index (κ1) is 11.5. The molecular formula is C10H16N2OS. The Hall–Kier alpha value is -0.580. The van der Waals surface area contributed by atoms with E-state index in [0.29, 0.717) is 0 Å². The monoisotopic (exact) mass is 212 g/mol. The van der Waals surface area contributed by atoms with E-state index in [0.717, 1.165) is 25.4 Å². The summed E-state index contributed by atoms with van der Waals surface area (Å²) in [6, 6.07) is 4.06. The maximum absolute atomic E-state index is 4.93. The van der Waals surface area contributed by atoms with Gasteiger partial charge < -0.3 is 10.1 Å². The molecule has 1 N–H and O–H groups in total. The third-order valence-electron chi connectivity index (χ3n) is 1.68. The Balaban J connectivity index is 1.99. The van der Waals surface area contributed by atoms with Gasteiger partial charge in [0.25, 0.3) is 0 Å². The lowest BCUT2D eigenvalue weighted by atomic mass is 10.5. The van der Waals surface area contributed by atoms with Crippen molar-refractivity contribution in [1.82, 2.24) is 10.3 Å². The average Bonchev–Trinajstić information content (AvgIpc) is 2.25. The summed E-state index contributed by atoms with van der Waals surface area (Å²) in [6.45, 7) is 2.71. The van der Waals surface area contributed by atoms with Gasteiger partial charge in [-0.25, -0.2) is 0 Å². The zero-order valence-corrected chi connectivity index (χ0v) is 9.22. The number of hydrogen-bond donors (Lipinski definition) is 1. The van der Waals surface area contributed by atoms with Gasteiger partial charge in [0.2, 0.25) is 0 Å². The Morgan fingerprint density at radius 3 is 2.86 bits per heavy atom. The Kier molecular flexibility index (Phi) is 6.40. The summed E-state index contributed by atoms with van der Waals surface area (Å²) < 4.78 is 4.93. The van der Waals surface area contributed by atoms with Crippen LogP contribution in [-0.4, -0.2) is 37.5 Å². The molecule has 0 aliphatic carbocycles. The molecule has 78 valence electrons. The van der Waals surface area contributed by atoms with Crippen molar-refractivity contribution in [1.29, 1.82) is 0 Å². The number of ether oxygens (including phenoxy) is 1. The number of nitrogens with one attached hydrogen (secondary N) is 1. The minimum Gasteiger partial charge on any atom is -0.383 e. The van der Waals surface area contributed by atoms with Crippen molar-refractivity contribution in [2.75, 3.05) is 32.6 Å². The Morgan fingerprint density at radius 2 is 2.14 bits per heavy atom. The van der Waals surface area contributed by atoms with E-state index >= 15 is 0 Å². The lowest BCUT2D eigenvalue weighted by Crippen LogP contribution is -2.21. The van der Waals surface area contributed by atoms with Gasteiger partial charge in [0.15, 0.2) is 0 Å². The van der Waals surface area contributed by atoms with Crippen LogP contribution in [-0.2, 0) is 4.74 Å². The van der Waals surface area contributed by atoms with Gasteiger partial charge in [0.1, 0.15) is 0 Å². The molecule has 1 aromatic rings. The van der Waals surface area contributed by atoms with Crippen molar-refractivity contribution in [2.24, 2.45) is 0 Å². The van der Waals surface area contributed by atoms with E-state index < -0.39 is 0 Å². The second kappa shape index (κ2) is 7.79. The summed E-state index contributed by atoms with van der Waals surface area (Å²) >= 11 is 1.84. The topological polar surface area (TPSA) is 34.1 Å². The van der Waals surface area contributed by atoms with Crippen molar-refractivity contribution in [3.05, 3.63) is 24.5 Å². The minimum absolute atomic E-state index is 0.778. The van der Waals surface area contributed by atoms with E-state index in [4.69, 9.17) is 4.74 Å². The molecule has 0 bridgehead atoms. The number of pyridine rings is 1. The first-order valence-electron chi connectivity index (χ1n) is 4.66. The fourth-order valence-corrected chi connectivity index (χ4v) is 1.77. The highest BCUT2D eigenvalue weighted by Gasteiger charge is 1.92. The van der Waals surface area contributed by atoms with Crippen LogP contribution in [0.4, 0.5) is 0 Å². The molecule has 0 saturated heterocycles. The molecule has 4 heteroatoms. The largest absolute Gasteiger partial charge is 0.383 e. The van der Waals surface area contributed by atoms with Gasteiger partial charge in [0.05, 0.1) is 6.61 Å². The highest BCUT2D eigenvalue weighted by atomic mass is 32.2. The van der Waals surface area contributed by atoms with Gasteiger partial charge in [-0.05, 0) is 12.1 Å². The van der Waals surface area contributed by atoms with Crippen LogP contribution < -0.4 is 5.32 Å². The van der Waals surface area contributed by atoms with E-state index in [-0.39, 0.29) is 0 Å². The smallest absolute Gasteiger partial charge is 0.0587 e. The van der Waals surface area contributed by atoms with Crippen LogP contribution in [0.3, 0.4) is 0 Å². The van der Waals surface area contributed by atoms with E-state index in [1.165, 1.54) is 4.90 Å². The van der Waals surface area contributed by atoms with Gasteiger partial charge in [-0.1, -0.05) is 0 Å². The normalized spacial score (nSPS) is 10.4. The molecule has 14 heavy (non-hydrogen) atoms. The number of nitrogens with zero attached hydrogens (tertiary/aromatic N) is 1. The van der Waals surface area contributed by atoms with E-state index in [2.05, 4.69) is 10.3 Å². The molecule has 1 rings (SSSR count). The molecule has 0 fully saturated rings. The molecule has 0 atom stereocenters. The zero-order valence-electron chi connectivity index (χ0n) is 8.40. The van der Waals surface area contributed by atoms with Crippen LogP contribution in [0.25, 0.3) is 0 Å². The Morgan fingerprint density at radius 1 is 1.36 bits per heavy atom. The van der Waals surface area contributed by atoms with E-state index in [1.54, 1.807) is 7.11 Å². The number of thioether (sulfide) groups is 1. The maximum atomic E-state index is 4.93. The van der Waals surface area contributed by atoms with Crippen LogP contribution in [0.1, 0.15) is 0 Å². The Labute approximate surface area is 89.3 Å². The van der Waals surface area contributed by atoms with Crippen LogP contribution in [0.15, 0.2) is 29.4 Å². The summed E-state index contributed by atoms with van der Waals surface area (Å²) in [7, 11) is 1.72. The lowest BCUT2D eigenvalue weighted by molar-refractivity contribution is 0.200. The summed E-state index contributed by atoms with van der Waals surface area (Å²) in [5, 5.41) is 3.30. The quantitative estimate of drug-likeness (QED) is 0.547. The molecule has 0 radical (unpaired) electrons. The predicted octanol–water partition coefficient (Wildman–Crippen LogP) is 1.41. The van der Waals surface area contributed by atoms with Gasteiger partial charge >= 0.3 is 0 Å². The van der Waals surface area contributed by atoms with Gasteiger partial charge in [-0.3, -0.25) is 4.98 Å². The summed E-state index contributed by atoms with van der Waals surface area (Å²) in [4.78, 5) is 5.24. The van der Waals surface area contributed by atoms with E-state index in [9.17, 15) is 0 Å². The molecule has 0 aromatic carbocycles. The molecule has 0 unspecified atom stereocenters. The number of methoxy groups -OCH3 is 1. The SMILES string of the molecule is COCCNCCSc1ccncc1. The van der Waals surface area contributed by atoms with Crippen molar-refractivity contribution < 1.29 is 4.74 Å². The molecule has 0 aliphatic rings. The summed E-state index contributed by atoms with van der Waals surface area (Å²) in [6.07, 6.45) is 3.64. The molecule has 0 spiro atoms. The fraction of sp³-hybridized carbons (Fsp3) is 0.500. The molecule has 3 nitrogen and oxygen atoms in total. The first-order valence-corrected chi connectivity index (χ1v) is 5.64. The highest BCUT2D eigenvalue weighted by Crippen LogP contribution is 2.14. The second-order valence-corrected chi connectivity index (χ2v) is 3.94. The second-order valence-electron chi connectivity index (χ2n) is 2.77. The number of rotatable bonds is 7. The summed E-state index contributed by atoms with van der Waals surface area (Å²) in [5.74, 6) is 1.08. The fourth-order valence-electron chi connectivity index (χ4n) is 0.975. The van der Waals surface area contributed by atoms with Crippen LogP contribution in [0, 0.1) is 0 Å². The number of hydrogen-bond acceptors (Lipinski definition) is 4. The van der Waals surface area contributed by atoms with Crippen LogP contribution >= 0.6 is 11.8 Å². The van der Waals surface area contributed by atoms with Gasteiger partial charge in [0, 0.05) is 43.2 Å². The lowest BCUT2D eigenvalue weighted by Gasteiger charge is -2.03. The third kappa shape index (κ3) is 5.21. The van der Waals surface area contributed by atoms with Gasteiger partial charge in [-0.15, -0.1) is 11.8 Å². The third-order valence-corrected chi connectivity index (χ3v) is 2.69. The standard InChI is InChI=1S/C10H16N2OS/c1-13-8-6-12-7-9-14-10-2-4-11-5-3-10/h2-5,12H,6-9H2,1H3. The predicted molar refractivity (Wildman–Crippen MR) is 59.7 cm³/mol. The minimum atomic E-state index is 0.778. The summed E-state index contributed by atoms with van der Waals surface area (Å²) in [5.41, 5.74) is 0. The zero-order chi connectivity index (χ0) is 10.1. The molecule has 1 aromatic heterocycles. The number of aromatic nitrogens is 1. The molecular weight excluding hydrogens is 196 g/mol. The van der Waals surface area contributed by atoms with E-state index in [1.807, 2.05) is 36.3 Å². The van der Waals surface area contributed by atoms with Crippen LogP contribution in [0.2, 0.25) is 0 Å². The molecule has 0 aliphatic heterocycles. The Bertz CT molecular complexity index is 231. The highest BCUT2D eigenvalue weighted by molar-refractivity contribution is 7.99. The van der Waals surface area contributed by atoms with Crippen LogP contribution in [0.5, 0.6) is 0 Å². The van der Waals surface area contributed by atoms with Crippen molar-refractivity contribution in [2.45, 2.75) is 4.90 Å². The van der Waals surface area contributed by atoms with Gasteiger partial charge in [-0.2, -0.15) is 0 Å².